The van der Waals surface area contributed by atoms with Crippen LogP contribution < -0.4 is 0 Å². The number of aromatic nitrogens is 2. The first kappa shape index (κ1) is 12.7. The lowest BCUT2D eigenvalue weighted by atomic mass is 10.1. The summed E-state index contributed by atoms with van der Waals surface area (Å²) in [5.41, 5.74) is 2.23. The van der Waals surface area contributed by atoms with Gasteiger partial charge in [-0.05, 0) is 36.8 Å². The fourth-order valence-electron chi connectivity index (χ4n) is 1.90. The summed E-state index contributed by atoms with van der Waals surface area (Å²) in [4.78, 5) is 4.29. The molecule has 0 aliphatic heterocycles. The standard InChI is InChI=1S/C15H11ClN2O2/c1-9-5-6-12(13(19)7-9)15-17-14(18-20-15)10-3-2-4-11(16)8-10/h2-8,19H,1H3. The Labute approximate surface area is 120 Å². The van der Waals surface area contributed by atoms with Crippen molar-refractivity contribution in [1.29, 1.82) is 0 Å². The number of aromatic hydroxyl groups is 1. The summed E-state index contributed by atoms with van der Waals surface area (Å²) in [5.74, 6) is 0.825. The molecule has 3 rings (SSSR count). The van der Waals surface area contributed by atoms with E-state index in [9.17, 15) is 5.11 Å². The normalized spacial score (nSPS) is 10.7. The Bertz CT molecular complexity index is 768. The van der Waals surface area contributed by atoms with Gasteiger partial charge in [0.15, 0.2) is 0 Å². The fraction of sp³-hybridized carbons (Fsp3) is 0.0667. The third kappa shape index (κ3) is 2.38. The van der Waals surface area contributed by atoms with Crippen LogP contribution in [0.4, 0.5) is 0 Å². The molecule has 0 saturated heterocycles. The van der Waals surface area contributed by atoms with E-state index in [1.807, 2.05) is 25.1 Å². The molecule has 0 unspecified atom stereocenters. The molecule has 1 aromatic heterocycles. The molecule has 0 spiro atoms. The molecule has 0 radical (unpaired) electrons. The van der Waals surface area contributed by atoms with E-state index >= 15 is 0 Å². The van der Waals surface area contributed by atoms with Crippen LogP contribution >= 0.6 is 11.6 Å². The summed E-state index contributed by atoms with van der Waals surface area (Å²) in [7, 11) is 0. The minimum absolute atomic E-state index is 0.117. The van der Waals surface area contributed by atoms with Crippen molar-refractivity contribution >= 4 is 11.6 Å². The first-order valence-electron chi connectivity index (χ1n) is 6.03. The van der Waals surface area contributed by atoms with Gasteiger partial charge in [0.05, 0.1) is 5.56 Å². The zero-order valence-electron chi connectivity index (χ0n) is 10.7. The zero-order valence-corrected chi connectivity index (χ0v) is 11.4. The average molecular weight is 287 g/mol. The van der Waals surface area contributed by atoms with Gasteiger partial charge in [-0.25, -0.2) is 0 Å². The monoisotopic (exact) mass is 286 g/mol. The number of hydrogen-bond acceptors (Lipinski definition) is 4. The quantitative estimate of drug-likeness (QED) is 0.771. The molecule has 100 valence electrons. The van der Waals surface area contributed by atoms with E-state index < -0.39 is 0 Å². The number of nitrogens with zero attached hydrogens (tertiary/aromatic N) is 2. The highest BCUT2D eigenvalue weighted by Gasteiger charge is 2.14. The van der Waals surface area contributed by atoms with Crippen LogP contribution in [0.3, 0.4) is 0 Å². The van der Waals surface area contributed by atoms with Gasteiger partial charge in [-0.15, -0.1) is 0 Å². The van der Waals surface area contributed by atoms with Crippen molar-refractivity contribution in [2.75, 3.05) is 0 Å². The predicted octanol–water partition coefficient (Wildman–Crippen LogP) is 4.07. The molecule has 0 amide bonds. The number of aryl methyl sites for hydroxylation is 1. The molecule has 2 aromatic carbocycles. The number of phenolic OH excluding ortho intramolecular Hbond substituents is 1. The molecule has 0 aliphatic rings. The molecule has 0 fully saturated rings. The summed E-state index contributed by atoms with van der Waals surface area (Å²) in [6.07, 6.45) is 0. The lowest BCUT2D eigenvalue weighted by Crippen LogP contribution is -1.82. The van der Waals surface area contributed by atoms with Crippen molar-refractivity contribution in [2.24, 2.45) is 0 Å². The summed E-state index contributed by atoms with van der Waals surface area (Å²) in [6, 6.07) is 12.5. The topological polar surface area (TPSA) is 59.2 Å². The highest BCUT2D eigenvalue weighted by molar-refractivity contribution is 6.30. The lowest BCUT2D eigenvalue weighted by Gasteiger charge is -1.99. The molecule has 4 nitrogen and oxygen atoms in total. The van der Waals surface area contributed by atoms with Gasteiger partial charge in [-0.2, -0.15) is 4.98 Å². The van der Waals surface area contributed by atoms with Gasteiger partial charge in [-0.1, -0.05) is 35.0 Å². The lowest BCUT2D eigenvalue weighted by molar-refractivity contribution is 0.425. The molecular weight excluding hydrogens is 276 g/mol. The van der Waals surface area contributed by atoms with Gasteiger partial charge in [0.2, 0.25) is 5.82 Å². The second-order valence-corrected chi connectivity index (χ2v) is 4.89. The van der Waals surface area contributed by atoms with Gasteiger partial charge >= 0.3 is 0 Å². The molecule has 1 N–H and O–H groups in total. The Morgan fingerprint density at radius 1 is 1.15 bits per heavy atom. The second kappa shape index (κ2) is 4.98. The van der Waals surface area contributed by atoms with E-state index in [1.54, 1.807) is 24.3 Å². The summed E-state index contributed by atoms with van der Waals surface area (Å²) in [6.45, 7) is 1.90. The maximum Gasteiger partial charge on any atom is 0.261 e. The molecule has 3 aromatic rings. The van der Waals surface area contributed by atoms with Gasteiger partial charge < -0.3 is 9.63 Å². The average Bonchev–Trinajstić information content (AvgIpc) is 2.88. The molecule has 1 heterocycles. The zero-order chi connectivity index (χ0) is 14.1. The van der Waals surface area contributed by atoms with Crippen LogP contribution in [0.1, 0.15) is 5.56 Å². The van der Waals surface area contributed by atoms with E-state index in [-0.39, 0.29) is 11.6 Å². The first-order chi connectivity index (χ1) is 9.63. The fourth-order valence-corrected chi connectivity index (χ4v) is 2.09. The highest BCUT2D eigenvalue weighted by atomic mass is 35.5. The molecule has 0 bridgehead atoms. The van der Waals surface area contributed by atoms with Crippen molar-refractivity contribution in [1.82, 2.24) is 10.1 Å². The Morgan fingerprint density at radius 2 is 2.00 bits per heavy atom. The Hall–Kier alpha value is -2.33. The summed E-state index contributed by atoms with van der Waals surface area (Å²) in [5, 5.41) is 14.4. The molecule has 0 atom stereocenters. The highest BCUT2D eigenvalue weighted by Crippen LogP contribution is 2.30. The minimum atomic E-state index is 0.117. The van der Waals surface area contributed by atoms with Crippen LogP contribution in [0.25, 0.3) is 22.8 Å². The van der Waals surface area contributed by atoms with Gasteiger partial charge in [0, 0.05) is 10.6 Å². The van der Waals surface area contributed by atoms with E-state index in [1.165, 1.54) is 0 Å². The van der Waals surface area contributed by atoms with Crippen LogP contribution in [-0.2, 0) is 0 Å². The Morgan fingerprint density at radius 3 is 2.75 bits per heavy atom. The summed E-state index contributed by atoms with van der Waals surface area (Å²) < 4.78 is 5.20. The maximum absolute atomic E-state index is 9.92. The molecule has 0 aliphatic carbocycles. The SMILES string of the molecule is Cc1ccc(-c2nc(-c3cccc(Cl)c3)no2)c(O)c1. The van der Waals surface area contributed by atoms with E-state index in [4.69, 9.17) is 16.1 Å². The minimum Gasteiger partial charge on any atom is -0.507 e. The van der Waals surface area contributed by atoms with Crippen LogP contribution in [-0.4, -0.2) is 15.2 Å². The van der Waals surface area contributed by atoms with Gasteiger partial charge in [0.1, 0.15) is 5.75 Å². The molecule has 20 heavy (non-hydrogen) atoms. The molecule has 0 saturated carbocycles. The summed E-state index contributed by atoms with van der Waals surface area (Å²) >= 11 is 5.94. The van der Waals surface area contributed by atoms with Crippen LogP contribution in [0, 0.1) is 6.92 Å². The number of rotatable bonds is 2. The van der Waals surface area contributed by atoms with Crippen molar-refractivity contribution < 1.29 is 9.63 Å². The largest absolute Gasteiger partial charge is 0.507 e. The van der Waals surface area contributed by atoms with E-state index in [2.05, 4.69) is 10.1 Å². The van der Waals surface area contributed by atoms with Crippen LogP contribution in [0.2, 0.25) is 5.02 Å². The first-order valence-corrected chi connectivity index (χ1v) is 6.41. The van der Waals surface area contributed by atoms with Crippen LogP contribution in [0.5, 0.6) is 5.75 Å². The van der Waals surface area contributed by atoms with Crippen molar-refractivity contribution in [3.05, 3.63) is 53.1 Å². The maximum atomic E-state index is 9.92. The number of halogens is 1. The smallest absolute Gasteiger partial charge is 0.261 e. The molecule has 5 heteroatoms. The number of hydrogen-bond donors (Lipinski definition) is 1. The van der Waals surface area contributed by atoms with Gasteiger partial charge in [-0.3, -0.25) is 0 Å². The second-order valence-electron chi connectivity index (χ2n) is 4.45. The Kier molecular flexibility index (Phi) is 3.16. The van der Waals surface area contributed by atoms with Crippen molar-refractivity contribution in [3.63, 3.8) is 0 Å². The third-order valence-electron chi connectivity index (χ3n) is 2.89. The van der Waals surface area contributed by atoms with Crippen LogP contribution in [0.15, 0.2) is 47.0 Å². The molecular formula is C15H11ClN2O2. The third-order valence-corrected chi connectivity index (χ3v) is 3.13. The van der Waals surface area contributed by atoms with Crippen molar-refractivity contribution in [3.8, 4) is 28.6 Å². The predicted molar refractivity (Wildman–Crippen MR) is 76.6 cm³/mol. The van der Waals surface area contributed by atoms with Crippen molar-refractivity contribution in [2.45, 2.75) is 6.92 Å². The van der Waals surface area contributed by atoms with E-state index in [0.29, 0.717) is 16.4 Å². The Balaban J connectivity index is 2.02. The van der Waals surface area contributed by atoms with E-state index in [0.717, 1.165) is 11.1 Å². The number of phenols is 1. The van der Waals surface area contributed by atoms with Gasteiger partial charge in [0.25, 0.3) is 5.89 Å². The number of benzene rings is 2.